The van der Waals surface area contributed by atoms with Crippen LogP contribution in [-0.4, -0.2) is 16.1 Å². The first-order valence-electron chi connectivity index (χ1n) is 6.09. The first kappa shape index (κ1) is 13.2. The number of aliphatic hydroxyl groups excluding tert-OH is 1. The minimum atomic E-state index is -1.10. The molecule has 2 aromatic carbocycles. The van der Waals surface area contributed by atoms with E-state index in [0.717, 1.165) is 5.56 Å². The molecule has 1 N–H and O–H groups in total. The molecular formula is C15H15NO3. The molecule has 2 atom stereocenters. The topological polar surface area (TPSA) is 63.4 Å². The van der Waals surface area contributed by atoms with Crippen LogP contribution in [0.1, 0.15) is 17.2 Å². The minimum absolute atomic E-state index is 0.212. The van der Waals surface area contributed by atoms with E-state index in [4.69, 9.17) is 0 Å². The van der Waals surface area contributed by atoms with E-state index in [0.29, 0.717) is 5.56 Å². The molecular weight excluding hydrogens is 242 g/mol. The van der Waals surface area contributed by atoms with E-state index in [2.05, 4.69) is 0 Å². The Morgan fingerprint density at radius 2 is 1.53 bits per heavy atom. The number of nitrogens with zero attached hydrogens (tertiary/aromatic N) is 1. The molecule has 19 heavy (non-hydrogen) atoms. The number of rotatable bonds is 5. The molecule has 4 heteroatoms. The SMILES string of the molecule is O=[N+]([O-])C(Cc1ccccc1)C(O)c1ccccc1. The molecule has 0 radical (unpaired) electrons. The molecule has 0 fully saturated rings. The quantitative estimate of drug-likeness (QED) is 0.661. The van der Waals surface area contributed by atoms with Crippen LogP contribution in [0.15, 0.2) is 60.7 Å². The fourth-order valence-electron chi connectivity index (χ4n) is 2.03. The highest BCUT2D eigenvalue weighted by Crippen LogP contribution is 2.21. The molecule has 4 nitrogen and oxygen atoms in total. The minimum Gasteiger partial charge on any atom is -0.381 e. The van der Waals surface area contributed by atoms with Crippen molar-refractivity contribution in [3.05, 3.63) is 81.9 Å². The maximum atomic E-state index is 11.2. The van der Waals surface area contributed by atoms with E-state index in [1.807, 2.05) is 36.4 Å². The Hall–Kier alpha value is -2.20. The maximum Gasteiger partial charge on any atom is 0.246 e. The van der Waals surface area contributed by atoms with Gasteiger partial charge in [-0.2, -0.15) is 0 Å². The van der Waals surface area contributed by atoms with Gasteiger partial charge in [0.25, 0.3) is 0 Å². The van der Waals surface area contributed by atoms with Gasteiger partial charge in [-0.15, -0.1) is 0 Å². The molecule has 0 aliphatic heterocycles. The predicted octanol–water partition coefficient (Wildman–Crippen LogP) is 2.61. The van der Waals surface area contributed by atoms with Crippen LogP contribution in [0.3, 0.4) is 0 Å². The van der Waals surface area contributed by atoms with Crippen molar-refractivity contribution in [1.29, 1.82) is 0 Å². The third-order valence-corrected chi connectivity index (χ3v) is 3.06. The van der Waals surface area contributed by atoms with Crippen molar-refractivity contribution < 1.29 is 10.0 Å². The summed E-state index contributed by atoms with van der Waals surface area (Å²) in [5.74, 6) is 0. The monoisotopic (exact) mass is 257 g/mol. The summed E-state index contributed by atoms with van der Waals surface area (Å²) in [5, 5.41) is 21.3. The Labute approximate surface area is 111 Å². The van der Waals surface area contributed by atoms with E-state index in [1.165, 1.54) is 0 Å². The van der Waals surface area contributed by atoms with Gasteiger partial charge in [-0.05, 0) is 11.1 Å². The lowest BCUT2D eigenvalue weighted by Crippen LogP contribution is -2.29. The second kappa shape index (κ2) is 6.11. The van der Waals surface area contributed by atoms with E-state index < -0.39 is 17.1 Å². The molecule has 0 aliphatic carbocycles. The molecule has 0 heterocycles. The molecule has 2 unspecified atom stereocenters. The Kier molecular flexibility index (Phi) is 4.26. The molecule has 0 aromatic heterocycles. The highest BCUT2D eigenvalue weighted by atomic mass is 16.6. The zero-order chi connectivity index (χ0) is 13.7. The normalized spacial score (nSPS) is 13.7. The van der Waals surface area contributed by atoms with Crippen molar-refractivity contribution in [1.82, 2.24) is 0 Å². The van der Waals surface area contributed by atoms with Crippen LogP contribution in [0.25, 0.3) is 0 Å². The van der Waals surface area contributed by atoms with Crippen LogP contribution in [0, 0.1) is 10.1 Å². The van der Waals surface area contributed by atoms with Gasteiger partial charge in [0, 0.05) is 11.3 Å². The molecule has 2 rings (SSSR count). The second-order valence-electron chi connectivity index (χ2n) is 4.40. The number of benzene rings is 2. The van der Waals surface area contributed by atoms with Crippen LogP contribution in [-0.2, 0) is 6.42 Å². The van der Waals surface area contributed by atoms with Gasteiger partial charge in [-0.25, -0.2) is 0 Å². The van der Waals surface area contributed by atoms with Gasteiger partial charge in [0.05, 0.1) is 0 Å². The van der Waals surface area contributed by atoms with Crippen LogP contribution < -0.4 is 0 Å². The zero-order valence-corrected chi connectivity index (χ0v) is 10.3. The van der Waals surface area contributed by atoms with Gasteiger partial charge in [0.2, 0.25) is 6.04 Å². The Morgan fingerprint density at radius 3 is 2.05 bits per heavy atom. The summed E-state index contributed by atoms with van der Waals surface area (Å²) in [6.45, 7) is 0. The number of hydrogen-bond acceptors (Lipinski definition) is 3. The first-order chi connectivity index (χ1) is 9.18. The molecule has 0 saturated carbocycles. The Balaban J connectivity index is 2.19. The van der Waals surface area contributed by atoms with E-state index in [-0.39, 0.29) is 6.42 Å². The molecule has 98 valence electrons. The van der Waals surface area contributed by atoms with Crippen molar-refractivity contribution in [2.75, 3.05) is 0 Å². The fourth-order valence-corrected chi connectivity index (χ4v) is 2.03. The highest BCUT2D eigenvalue weighted by Gasteiger charge is 2.31. The van der Waals surface area contributed by atoms with Crippen molar-refractivity contribution in [2.24, 2.45) is 0 Å². The lowest BCUT2D eigenvalue weighted by atomic mass is 9.97. The Bertz CT molecular complexity index is 528. The van der Waals surface area contributed by atoms with Crippen molar-refractivity contribution in [3.63, 3.8) is 0 Å². The van der Waals surface area contributed by atoms with Gasteiger partial charge in [-0.3, -0.25) is 10.1 Å². The number of aliphatic hydroxyl groups is 1. The predicted molar refractivity (Wildman–Crippen MR) is 72.3 cm³/mol. The Morgan fingerprint density at radius 1 is 1.00 bits per heavy atom. The summed E-state index contributed by atoms with van der Waals surface area (Å²) in [6, 6.07) is 16.9. The number of hydrogen-bond donors (Lipinski definition) is 1. The third kappa shape index (κ3) is 3.39. The van der Waals surface area contributed by atoms with Gasteiger partial charge < -0.3 is 5.11 Å². The van der Waals surface area contributed by atoms with Crippen LogP contribution in [0.2, 0.25) is 0 Å². The molecule has 0 spiro atoms. The summed E-state index contributed by atoms with van der Waals surface area (Å²) in [7, 11) is 0. The standard InChI is InChI=1S/C15H15NO3/c17-15(13-9-5-2-6-10-13)14(16(18)19)11-12-7-3-1-4-8-12/h1-10,14-15,17H,11H2. The lowest BCUT2D eigenvalue weighted by Gasteiger charge is -2.16. The van der Waals surface area contributed by atoms with Crippen LogP contribution in [0.5, 0.6) is 0 Å². The maximum absolute atomic E-state index is 11.2. The van der Waals surface area contributed by atoms with Crippen molar-refractivity contribution in [3.8, 4) is 0 Å². The number of nitro groups is 1. The third-order valence-electron chi connectivity index (χ3n) is 3.06. The highest BCUT2D eigenvalue weighted by molar-refractivity contribution is 5.21. The van der Waals surface area contributed by atoms with Crippen LogP contribution in [0.4, 0.5) is 0 Å². The smallest absolute Gasteiger partial charge is 0.246 e. The fraction of sp³-hybridized carbons (Fsp3) is 0.200. The average molecular weight is 257 g/mol. The van der Waals surface area contributed by atoms with Crippen molar-refractivity contribution >= 4 is 0 Å². The molecule has 0 amide bonds. The molecule has 0 saturated heterocycles. The zero-order valence-electron chi connectivity index (χ0n) is 10.3. The largest absolute Gasteiger partial charge is 0.381 e. The summed E-state index contributed by atoms with van der Waals surface area (Å²) in [4.78, 5) is 10.8. The summed E-state index contributed by atoms with van der Waals surface area (Å²) in [6.07, 6.45) is -0.888. The van der Waals surface area contributed by atoms with Gasteiger partial charge >= 0.3 is 0 Å². The molecule has 2 aromatic rings. The van der Waals surface area contributed by atoms with Crippen LogP contribution >= 0.6 is 0 Å². The molecule has 0 aliphatic rings. The van der Waals surface area contributed by atoms with Gasteiger partial charge in [-0.1, -0.05) is 60.7 Å². The van der Waals surface area contributed by atoms with E-state index >= 15 is 0 Å². The van der Waals surface area contributed by atoms with Gasteiger partial charge in [0.1, 0.15) is 6.10 Å². The average Bonchev–Trinajstić information content (AvgIpc) is 2.46. The lowest BCUT2D eigenvalue weighted by molar-refractivity contribution is -0.535. The first-order valence-corrected chi connectivity index (χ1v) is 6.09. The summed E-state index contributed by atoms with van der Waals surface area (Å²) in [5.41, 5.74) is 1.42. The molecule has 0 bridgehead atoms. The summed E-state index contributed by atoms with van der Waals surface area (Å²) < 4.78 is 0. The summed E-state index contributed by atoms with van der Waals surface area (Å²) >= 11 is 0. The van der Waals surface area contributed by atoms with E-state index in [1.54, 1.807) is 24.3 Å². The van der Waals surface area contributed by atoms with E-state index in [9.17, 15) is 15.2 Å². The van der Waals surface area contributed by atoms with Crippen molar-refractivity contribution in [2.45, 2.75) is 18.6 Å². The van der Waals surface area contributed by atoms with Gasteiger partial charge in [0.15, 0.2) is 0 Å². The second-order valence-corrected chi connectivity index (χ2v) is 4.40.